The van der Waals surface area contributed by atoms with E-state index in [1.165, 1.54) is 6.42 Å². The number of amides is 1. The third-order valence-electron chi connectivity index (χ3n) is 4.42. The van der Waals surface area contributed by atoms with Gasteiger partial charge in [-0.3, -0.25) is 4.79 Å². The number of carbonyl (C=O) groups is 1. The maximum atomic E-state index is 12.2. The molecule has 0 atom stereocenters. The Balaban J connectivity index is 1.82. The second-order valence-corrected chi connectivity index (χ2v) is 5.95. The average Bonchev–Trinajstić information content (AvgIpc) is 2.33. The Morgan fingerprint density at radius 3 is 2.44 bits per heavy atom. The lowest BCUT2D eigenvalue weighted by molar-refractivity contribution is -0.145. The number of hydrogen-bond acceptors (Lipinski definition) is 3. The van der Waals surface area contributed by atoms with E-state index in [4.69, 9.17) is 22.7 Å². The monoisotopic (exact) mass is 270 g/mol. The van der Waals surface area contributed by atoms with Crippen LogP contribution >= 0.6 is 12.2 Å². The molecule has 0 bridgehead atoms. The zero-order valence-corrected chi connectivity index (χ0v) is 11.8. The topological polar surface area (TPSA) is 55.6 Å². The van der Waals surface area contributed by atoms with Crippen molar-refractivity contribution in [3.05, 3.63) is 0 Å². The number of hydrogen-bond donors (Lipinski definition) is 1. The number of rotatable bonds is 4. The molecule has 18 heavy (non-hydrogen) atoms. The van der Waals surface area contributed by atoms with Crippen molar-refractivity contribution in [1.29, 1.82) is 0 Å². The minimum atomic E-state index is -0.170. The van der Waals surface area contributed by atoms with Crippen LogP contribution in [0.1, 0.15) is 38.5 Å². The van der Waals surface area contributed by atoms with Crippen LogP contribution in [0.4, 0.5) is 0 Å². The van der Waals surface area contributed by atoms with Crippen molar-refractivity contribution in [1.82, 2.24) is 4.90 Å². The first-order chi connectivity index (χ1) is 8.56. The van der Waals surface area contributed by atoms with Crippen molar-refractivity contribution < 1.29 is 9.53 Å². The molecule has 2 rings (SSSR count). The molecular weight excluding hydrogens is 248 g/mol. The van der Waals surface area contributed by atoms with Crippen LogP contribution < -0.4 is 5.73 Å². The van der Waals surface area contributed by atoms with Crippen LogP contribution in [0, 0.1) is 5.92 Å². The number of carbonyl (C=O) groups excluding carboxylic acids is 1. The van der Waals surface area contributed by atoms with E-state index in [9.17, 15) is 4.79 Å². The Bertz CT molecular complexity index is 328. The molecule has 0 aromatic heterocycles. The average molecular weight is 270 g/mol. The number of nitrogens with two attached hydrogens (primary N) is 1. The van der Waals surface area contributed by atoms with Gasteiger partial charge in [0.1, 0.15) is 0 Å². The molecule has 2 N–H and O–H groups in total. The van der Waals surface area contributed by atoms with Gasteiger partial charge in [0, 0.05) is 26.1 Å². The van der Waals surface area contributed by atoms with Gasteiger partial charge in [0.25, 0.3) is 0 Å². The summed E-state index contributed by atoms with van der Waals surface area (Å²) in [5, 5.41) is 0. The first-order valence-electron chi connectivity index (χ1n) is 6.68. The van der Waals surface area contributed by atoms with Gasteiger partial charge in [-0.15, -0.1) is 0 Å². The van der Waals surface area contributed by atoms with Crippen molar-refractivity contribution >= 4 is 23.1 Å². The molecule has 0 unspecified atom stereocenters. The van der Waals surface area contributed by atoms with Gasteiger partial charge in [0.2, 0.25) is 5.91 Å². The Labute approximate surface area is 114 Å². The van der Waals surface area contributed by atoms with Crippen molar-refractivity contribution in [2.45, 2.75) is 44.1 Å². The van der Waals surface area contributed by atoms with Crippen molar-refractivity contribution in [2.24, 2.45) is 11.7 Å². The third-order valence-corrected chi connectivity index (χ3v) is 4.75. The molecule has 1 aliphatic heterocycles. The first-order valence-corrected chi connectivity index (χ1v) is 7.09. The van der Waals surface area contributed by atoms with Crippen LogP contribution in [0.2, 0.25) is 0 Å². The summed E-state index contributed by atoms with van der Waals surface area (Å²) in [4.78, 5) is 14.8. The van der Waals surface area contributed by atoms with Crippen molar-refractivity contribution in [2.75, 3.05) is 20.2 Å². The Hall–Kier alpha value is -0.680. The molecule has 0 spiro atoms. The standard InChI is InChI=1S/C13H22N2O2S/c1-17-13(5-2-6-13)9-11(16)15-7-3-10(4-8-15)12(14)18/h10H,2-9H2,1H3,(H2,14,18). The SMILES string of the molecule is COC1(CC(=O)N2CCC(C(N)=S)CC2)CCC1. The van der Waals surface area contributed by atoms with Gasteiger partial charge >= 0.3 is 0 Å². The summed E-state index contributed by atoms with van der Waals surface area (Å²) in [6.45, 7) is 1.56. The highest BCUT2D eigenvalue weighted by Crippen LogP contribution is 2.38. The summed E-state index contributed by atoms with van der Waals surface area (Å²) < 4.78 is 5.51. The Kier molecular flexibility index (Phi) is 4.22. The van der Waals surface area contributed by atoms with Crippen LogP contribution in [-0.2, 0) is 9.53 Å². The van der Waals surface area contributed by atoms with E-state index >= 15 is 0 Å². The number of methoxy groups -OCH3 is 1. The van der Waals surface area contributed by atoms with Crippen LogP contribution in [0.3, 0.4) is 0 Å². The fourth-order valence-electron chi connectivity index (χ4n) is 2.82. The zero-order valence-electron chi connectivity index (χ0n) is 11.0. The molecule has 4 nitrogen and oxygen atoms in total. The van der Waals surface area contributed by atoms with Crippen LogP contribution in [-0.4, -0.2) is 41.6 Å². The molecule has 1 heterocycles. The lowest BCUT2D eigenvalue weighted by Crippen LogP contribution is -2.47. The van der Waals surface area contributed by atoms with Crippen LogP contribution in [0.5, 0.6) is 0 Å². The van der Waals surface area contributed by atoms with E-state index in [-0.39, 0.29) is 11.5 Å². The molecule has 5 heteroatoms. The molecule has 102 valence electrons. The maximum absolute atomic E-state index is 12.2. The Morgan fingerprint density at radius 2 is 2.06 bits per heavy atom. The van der Waals surface area contributed by atoms with Gasteiger partial charge in [-0.2, -0.15) is 0 Å². The highest BCUT2D eigenvalue weighted by Gasteiger charge is 2.40. The van der Waals surface area contributed by atoms with E-state index in [2.05, 4.69) is 0 Å². The van der Waals surface area contributed by atoms with Crippen molar-refractivity contribution in [3.63, 3.8) is 0 Å². The van der Waals surface area contributed by atoms with Crippen LogP contribution in [0.25, 0.3) is 0 Å². The zero-order chi connectivity index (χ0) is 13.2. The number of likely N-dealkylation sites (tertiary alicyclic amines) is 1. The molecule has 1 aliphatic carbocycles. The van der Waals surface area contributed by atoms with Gasteiger partial charge < -0.3 is 15.4 Å². The summed E-state index contributed by atoms with van der Waals surface area (Å²) in [6, 6.07) is 0. The minimum absolute atomic E-state index is 0.170. The van der Waals surface area contributed by atoms with E-state index in [0.29, 0.717) is 17.3 Å². The fourth-order valence-corrected chi connectivity index (χ4v) is 3.06. The minimum Gasteiger partial charge on any atom is -0.393 e. The molecule has 0 aromatic carbocycles. The molecule has 1 saturated heterocycles. The summed E-state index contributed by atoms with van der Waals surface area (Å²) in [7, 11) is 1.71. The number of thiocarbonyl (C=S) groups is 1. The summed E-state index contributed by atoms with van der Waals surface area (Å²) in [6.07, 6.45) is 5.53. The number of piperidine rings is 1. The third kappa shape index (κ3) is 2.83. The van der Waals surface area contributed by atoms with Gasteiger partial charge in [0.15, 0.2) is 0 Å². The quantitative estimate of drug-likeness (QED) is 0.786. The first kappa shape index (κ1) is 13.7. The molecule has 0 aromatic rings. The van der Waals surface area contributed by atoms with E-state index in [1.54, 1.807) is 7.11 Å². The van der Waals surface area contributed by atoms with E-state index < -0.39 is 0 Å². The van der Waals surface area contributed by atoms with Gasteiger partial charge in [-0.05, 0) is 32.1 Å². The largest absolute Gasteiger partial charge is 0.393 e. The van der Waals surface area contributed by atoms with Gasteiger partial charge in [-0.1, -0.05) is 12.2 Å². The molecule has 0 radical (unpaired) electrons. The maximum Gasteiger partial charge on any atom is 0.225 e. The number of nitrogens with zero attached hydrogens (tertiary/aromatic N) is 1. The van der Waals surface area contributed by atoms with Crippen molar-refractivity contribution in [3.8, 4) is 0 Å². The fraction of sp³-hybridized carbons (Fsp3) is 0.846. The normalized spacial score (nSPS) is 23.5. The molecular formula is C13H22N2O2S. The molecule has 2 fully saturated rings. The summed E-state index contributed by atoms with van der Waals surface area (Å²) >= 11 is 5.01. The van der Waals surface area contributed by atoms with Crippen LogP contribution in [0.15, 0.2) is 0 Å². The summed E-state index contributed by atoms with van der Waals surface area (Å²) in [5.74, 6) is 0.530. The molecule has 1 amide bonds. The lowest BCUT2D eigenvalue weighted by Gasteiger charge is -2.42. The predicted octanol–water partition coefficient (Wildman–Crippen LogP) is 1.47. The highest BCUT2D eigenvalue weighted by molar-refractivity contribution is 7.80. The van der Waals surface area contributed by atoms with Gasteiger partial charge in [-0.25, -0.2) is 0 Å². The lowest BCUT2D eigenvalue weighted by atomic mass is 9.77. The van der Waals surface area contributed by atoms with E-state index in [1.807, 2.05) is 4.90 Å². The molecule has 1 saturated carbocycles. The Morgan fingerprint density at radius 1 is 1.44 bits per heavy atom. The van der Waals surface area contributed by atoms with E-state index in [0.717, 1.165) is 38.8 Å². The highest BCUT2D eigenvalue weighted by atomic mass is 32.1. The number of ether oxygens (including phenoxy) is 1. The second-order valence-electron chi connectivity index (χ2n) is 5.47. The van der Waals surface area contributed by atoms with Gasteiger partial charge in [0.05, 0.1) is 17.0 Å². The summed E-state index contributed by atoms with van der Waals surface area (Å²) in [5.41, 5.74) is 5.48. The predicted molar refractivity (Wildman–Crippen MR) is 74.3 cm³/mol. The molecule has 2 aliphatic rings. The smallest absolute Gasteiger partial charge is 0.225 e. The second kappa shape index (κ2) is 5.53.